The predicted octanol–water partition coefficient (Wildman–Crippen LogP) is 2.21. The summed E-state index contributed by atoms with van der Waals surface area (Å²) in [5.74, 6) is 0.877. The third-order valence-electron chi connectivity index (χ3n) is 1.98. The summed E-state index contributed by atoms with van der Waals surface area (Å²) in [5.41, 5.74) is 0. The molecule has 1 heteroatoms. The minimum absolute atomic E-state index is 0.502. The molecule has 0 saturated carbocycles. The molecule has 1 heterocycles. The van der Waals surface area contributed by atoms with Crippen LogP contribution in [-0.2, 0) is 4.74 Å². The summed E-state index contributed by atoms with van der Waals surface area (Å²) < 4.78 is 5.47. The molecule has 1 aliphatic rings. The van der Waals surface area contributed by atoms with E-state index in [0.717, 1.165) is 12.5 Å². The van der Waals surface area contributed by atoms with Gasteiger partial charge in [-0.2, -0.15) is 0 Å². The molecule has 1 fully saturated rings. The first kappa shape index (κ1) is 7.07. The van der Waals surface area contributed by atoms with Crippen LogP contribution in [0.4, 0.5) is 0 Å². The Morgan fingerprint density at radius 1 is 1.33 bits per heavy atom. The molecule has 0 amide bonds. The second kappa shape index (κ2) is 3.21. The number of hydrogen-bond donors (Lipinski definition) is 0. The lowest BCUT2D eigenvalue weighted by atomic mass is 10.0. The molecular formula is C8H16O. The van der Waals surface area contributed by atoms with Gasteiger partial charge < -0.3 is 4.74 Å². The van der Waals surface area contributed by atoms with Gasteiger partial charge >= 0.3 is 0 Å². The molecule has 2 atom stereocenters. The summed E-state index contributed by atoms with van der Waals surface area (Å²) in [5, 5.41) is 0. The Bertz CT molecular complexity index is 70.6. The highest BCUT2D eigenvalue weighted by Crippen LogP contribution is 2.18. The molecule has 0 bridgehead atoms. The Morgan fingerprint density at radius 3 is 2.89 bits per heavy atom. The van der Waals surface area contributed by atoms with Crippen molar-refractivity contribution >= 4 is 0 Å². The normalized spacial score (nSPS) is 38.0. The smallest absolute Gasteiger partial charge is 0.0549 e. The maximum absolute atomic E-state index is 5.47. The SMILES string of the molecule is CC1CCCOC(C)C1. The molecule has 1 aliphatic heterocycles. The van der Waals surface area contributed by atoms with Crippen molar-refractivity contribution in [3.63, 3.8) is 0 Å². The summed E-state index contributed by atoms with van der Waals surface area (Å²) in [7, 11) is 0. The zero-order chi connectivity index (χ0) is 6.69. The van der Waals surface area contributed by atoms with E-state index in [0.29, 0.717) is 6.10 Å². The first-order valence-corrected chi connectivity index (χ1v) is 3.90. The van der Waals surface area contributed by atoms with Gasteiger partial charge in [0.2, 0.25) is 0 Å². The van der Waals surface area contributed by atoms with Crippen LogP contribution in [0.25, 0.3) is 0 Å². The second-order valence-electron chi connectivity index (χ2n) is 3.16. The van der Waals surface area contributed by atoms with Gasteiger partial charge in [0.1, 0.15) is 0 Å². The highest BCUT2D eigenvalue weighted by atomic mass is 16.5. The van der Waals surface area contributed by atoms with Crippen LogP contribution in [0.2, 0.25) is 0 Å². The lowest BCUT2D eigenvalue weighted by Gasteiger charge is -2.10. The fourth-order valence-electron chi connectivity index (χ4n) is 1.47. The summed E-state index contributed by atoms with van der Waals surface area (Å²) in [4.78, 5) is 0. The van der Waals surface area contributed by atoms with Gasteiger partial charge in [0.15, 0.2) is 0 Å². The van der Waals surface area contributed by atoms with E-state index in [-0.39, 0.29) is 0 Å². The molecule has 0 N–H and O–H groups in total. The molecule has 9 heavy (non-hydrogen) atoms. The van der Waals surface area contributed by atoms with Crippen LogP contribution in [0.1, 0.15) is 33.1 Å². The van der Waals surface area contributed by atoms with Crippen molar-refractivity contribution in [1.82, 2.24) is 0 Å². The van der Waals surface area contributed by atoms with Crippen molar-refractivity contribution in [2.24, 2.45) is 5.92 Å². The molecule has 0 aromatic heterocycles. The van der Waals surface area contributed by atoms with Crippen molar-refractivity contribution in [3.8, 4) is 0 Å². The van der Waals surface area contributed by atoms with Gasteiger partial charge in [0, 0.05) is 6.61 Å². The average molecular weight is 128 g/mol. The Kier molecular flexibility index (Phi) is 2.52. The van der Waals surface area contributed by atoms with Crippen molar-refractivity contribution in [1.29, 1.82) is 0 Å². The second-order valence-corrected chi connectivity index (χ2v) is 3.16. The van der Waals surface area contributed by atoms with Crippen LogP contribution in [0.15, 0.2) is 0 Å². The summed E-state index contributed by atoms with van der Waals surface area (Å²) in [6, 6.07) is 0. The Balaban J connectivity index is 2.29. The highest BCUT2D eigenvalue weighted by molar-refractivity contribution is 4.62. The quantitative estimate of drug-likeness (QED) is 0.486. The zero-order valence-electron chi connectivity index (χ0n) is 6.39. The average Bonchev–Trinajstić information content (AvgIpc) is 1.93. The van der Waals surface area contributed by atoms with Crippen molar-refractivity contribution < 1.29 is 4.74 Å². The van der Waals surface area contributed by atoms with E-state index in [1.165, 1.54) is 19.3 Å². The number of rotatable bonds is 0. The van der Waals surface area contributed by atoms with Crippen LogP contribution in [0, 0.1) is 5.92 Å². The third kappa shape index (κ3) is 2.35. The van der Waals surface area contributed by atoms with Crippen LogP contribution in [0.3, 0.4) is 0 Å². The van der Waals surface area contributed by atoms with Crippen molar-refractivity contribution in [2.75, 3.05) is 6.61 Å². The molecule has 1 nitrogen and oxygen atoms in total. The maximum atomic E-state index is 5.47. The zero-order valence-corrected chi connectivity index (χ0v) is 6.39. The fourth-order valence-corrected chi connectivity index (χ4v) is 1.47. The third-order valence-corrected chi connectivity index (χ3v) is 1.98. The molecular weight excluding hydrogens is 112 g/mol. The monoisotopic (exact) mass is 128 g/mol. The number of hydrogen-bond acceptors (Lipinski definition) is 1. The van der Waals surface area contributed by atoms with E-state index in [2.05, 4.69) is 13.8 Å². The van der Waals surface area contributed by atoms with Gasteiger partial charge in [-0.1, -0.05) is 6.92 Å². The van der Waals surface area contributed by atoms with E-state index in [1.54, 1.807) is 0 Å². The highest BCUT2D eigenvalue weighted by Gasteiger charge is 2.12. The first-order valence-electron chi connectivity index (χ1n) is 3.90. The molecule has 2 unspecified atom stereocenters. The lowest BCUT2D eigenvalue weighted by molar-refractivity contribution is 0.0686. The maximum Gasteiger partial charge on any atom is 0.0549 e. The van der Waals surface area contributed by atoms with Gasteiger partial charge in [-0.25, -0.2) is 0 Å². The topological polar surface area (TPSA) is 9.23 Å². The summed E-state index contributed by atoms with van der Waals surface area (Å²) in [6.45, 7) is 5.46. The van der Waals surface area contributed by atoms with E-state index < -0.39 is 0 Å². The predicted molar refractivity (Wildman–Crippen MR) is 38.4 cm³/mol. The van der Waals surface area contributed by atoms with E-state index >= 15 is 0 Å². The van der Waals surface area contributed by atoms with Crippen LogP contribution in [0.5, 0.6) is 0 Å². The first-order chi connectivity index (χ1) is 4.29. The molecule has 1 saturated heterocycles. The van der Waals surface area contributed by atoms with Gasteiger partial charge in [-0.3, -0.25) is 0 Å². The minimum atomic E-state index is 0.502. The minimum Gasteiger partial charge on any atom is -0.378 e. The van der Waals surface area contributed by atoms with Gasteiger partial charge in [0.25, 0.3) is 0 Å². The van der Waals surface area contributed by atoms with E-state index in [1.807, 2.05) is 0 Å². The summed E-state index contributed by atoms with van der Waals surface area (Å²) >= 11 is 0. The van der Waals surface area contributed by atoms with E-state index in [4.69, 9.17) is 4.74 Å². The largest absolute Gasteiger partial charge is 0.378 e. The van der Waals surface area contributed by atoms with Gasteiger partial charge in [0.05, 0.1) is 6.10 Å². The fraction of sp³-hybridized carbons (Fsp3) is 1.00. The van der Waals surface area contributed by atoms with Crippen LogP contribution < -0.4 is 0 Å². The Morgan fingerprint density at radius 2 is 2.11 bits per heavy atom. The van der Waals surface area contributed by atoms with Gasteiger partial charge in [-0.15, -0.1) is 0 Å². The molecule has 0 spiro atoms. The van der Waals surface area contributed by atoms with Gasteiger partial charge in [-0.05, 0) is 32.1 Å². The molecule has 0 aromatic rings. The lowest BCUT2D eigenvalue weighted by Crippen LogP contribution is -2.07. The van der Waals surface area contributed by atoms with E-state index in [9.17, 15) is 0 Å². The molecule has 0 aliphatic carbocycles. The van der Waals surface area contributed by atoms with Crippen molar-refractivity contribution in [3.05, 3.63) is 0 Å². The Hall–Kier alpha value is -0.0400. The molecule has 54 valence electrons. The molecule has 0 radical (unpaired) electrons. The standard InChI is InChI=1S/C8H16O/c1-7-4-3-5-9-8(2)6-7/h7-8H,3-6H2,1-2H3. The molecule has 1 rings (SSSR count). The Labute approximate surface area is 57.4 Å². The van der Waals surface area contributed by atoms with Crippen LogP contribution in [-0.4, -0.2) is 12.7 Å². The number of ether oxygens (including phenoxy) is 1. The van der Waals surface area contributed by atoms with Crippen LogP contribution >= 0.6 is 0 Å². The van der Waals surface area contributed by atoms with Crippen molar-refractivity contribution in [2.45, 2.75) is 39.2 Å². The summed E-state index contributed by atoms with van der Waals surface area (Å²) in [6.07, 6.45) is 4.36. The molecule has 0 aromatic carbocycles.